The largest absolute Gasteiger partial charge is 0.492 e. The number of rotatable bonds is 6. The van der Waals surface area contributed by atoms with Crippen LogP contribution in [0.5, 0.6) is 5.75 Å². The minimum atomic E-state index is -0.141. The van der Waals surface area contributed by atoms with Crippen molar-refractivity contribution in [1.82, 2.24) is 10.2 Å². The molecule has 0 aliphatic carbocycles. The number of benzene rings is 1. The second-order valence-corrected chi connectivity index (χ2v) is 8.36. The molecular formula is C21H27N3O2S. The van der Waals surface area contributed by atoms with Crippen LogP contribution in [0.1, 0.15) is 37.5 Å². The molecular weight excluding hydrogens is 358 g/mol. The van der Waals surface area contributed by atoms with Crippen LogP contribution in [0.15, 0.2) is 41.8 Å². The van der Waals surface area contributed by atoms with Crippen LogP contribution >= 0.6 is 11.3 Å². The van der Waals surface area contributed by atoms with Gasteiger partial charge in [-0.3, -0.25) is 4.90 Å². The summed E-state index contributed by atoms with van der Waals surface area (Å²) >= 11 is 1.83. The standard InChI is InChI=1S/C21H27N3O2S/c1-2-26-20-8-4-3-7-19(20)23-21(25)22-15-12-16-9-10-17(13-15)24(16)14-18-6-5-11-27-18/h3-8,11,15-17H,2,9-10,12-14H2,1H3,(H2,22,23,25)/t16-,17-/m1/s1. The summed E-state index contributed by atoms with van der Waals surface area (Å²) in [4.78, 5) is 16.6. The number of piperidine rings is 1. The number of anilines is 1. The van der Waals surface area contributed by atoms with Gasteiger partial charge in [0.05, 0.1) is 12.3 Å². The summed E-state index contributed by atoms with van der Waals surface area (Å²) < 4.78 is 5.59. The number of ether oxygens (including phenoxy) is 1. The van der Waals surface area contributed by atoms with E-state index in [-0.39, 0.29) is 12.1 Å². The van der Waals surface area contributed by atoms with Gasteiger partial charge in [0.1, 0.15) is 5.75 Å². The van der Waals surface area contributed by atoms with Crippen molar-refractivity contribution in [3.63, 3.8) is 0 Å². The second-order valence-electron chi connectivity index (χ2n) is 7.33. The van der Waals surface area contributed by atoms with Crippen LogP contribution in [-0.4, -0.2) is 35.7 Å². The van der Waals surface area contributed by atoms with Crippen LogP contribution < -0.4 is 15.4 Å². The van der Waals surface area contributed by atoms with Crippen LogP contribution in [0.3, 0.4) is 0 Å². The molecule has 0 radical (unpaired) electrons. The van der Waals surface area contributed by atoms with Crippen LogP contribution in [0, 0.1) is 0 Å². The summed E-state index contributed by atoms with van der Waals surface area (Å²) in [5.41, 5.74) is 0.718. The molecule has 3 heterocycles. The number of carbonyl (C=O) groups excluding carboxylic acids is 1. The van der Waals surface area contributed by atoms with E-state index in [4.69, 9.17) is 4.74 Å². The first-order chi connectivity index (χ1) is 13.2. The first-order valence-electron chi connectivity index (χ1n) is 9.80. The lowest BCUT2D eigenvalue weighted by atomic mass is 9.97. The summed E-state index contributed by atoms with van der Waals surface area (Å²) in [5, 5.41) is 8.29. The molecule has 27 heavy (non-hydrogen) atoms. The highest BCUT2D eigenvalue weighted by molar-refractivity contribution is 7.09. The predicted octanol–water partition coefficient (Wildman–Crippen LogP) is 4.46. The average molecular weight is 386 g/mol. The molecule has 6 heteroatoms. The summed E-state index contributed by atoms with van der Waals surface area (Å²) in [6.45, 7) is 3.57. The lowest BCUT2D eigenvalue weighted by Gasteiger charge is -2.39. The van der Waals surface area contributed by atoms with Gasteiger partial charge < -0.3 is 15.4 Å². The third-order valence-electron chi connectivity index (χ3n) is 5.57. The molecule has 0 saturated carbocycles. The maximum absolute atomic E-state index is 12.5. The van der Waals surface area contributed by atoms with Gasteiger partial charge in [0.25, 0.3) is 0 Å². The Balaban J connectivity index is 1.33. The van der Waals surface area contributed by atoms with Gasteiger partial charge in [0, 0.05) is 29.5 Å². The van der Waals surface area contributed by atoms with E-state index in [0.717, 1.165) is 25.1 Å². The van der Waals surface area contributed by atoms with Crippen LogP contribution in [0.4, 0.5) is 10.5 Å². The molecule has 2 fully saturated rings. The Bertz CT molecular complexity index is 751. The maximum Gasteiger partial charge on any atom is 0.319 e. The van der Waals surface area contributed by atoms with E-state index >= 15 is 0 Å². The van der Waals surface area contributed by atoms with E-state index in [1.165, 1.54) is 17.7 Å². The number of hydrogen-bond donors (Lipinski definition) is 2. The lowest BCUT2D eigenvalue weighted by molar-refractivity contribution is 0.113. The zero-order chi connectivity index (χ0) is 18.6. The smallest absolute Gasteiger partial charge is 0.319 e. The van der Waals surface area contributed by atoms with Gasteiger partial charge in [-0.25, -0.2) is 4.79 Å². The highest BCUT2D eigenvalue weighted by Crippen LogP contribution is 2.37. The van der Waals surface area contributed by atoms with Crippen molar-refractivity contribution in [2.45, 2.75) is 57.3 Å². The Morgan fingerprint density at radius 3 is 2.67 bits per heavy atom. The van der Waals surface area contributed by atoms with E-state index < -0.39 is 0 Å². The molecule has 0 spiro atoms. The van der Waals surface area contributed by atoms with Crippen molar-refractivity contribution < 1.29 is 9.53 Å². The summed E-state index contributed by atoms with van der Waals surface area (Å²) in [6.07, 6.45) is 4.54. The van der Waals surface area contributed by atoms with Crippen LogP contribution in [-0.2, 0) is 6.54 Å². The van der Waals surface area contributed by atoms with E-state index in [0.29, 0.717) is 24.4 Å². The minimum Gasteiger partial charge on any atom is -0.492 e. The Morgan fingerprint density at radius 2 is 1.96 bits per heavy atom. The Morgan fingerprint density at radius 1 is 1.19 bits per heavy atom. The number of para-hydroxylation sites is 2. The molecule has 2 bridgehead atoms. The van der Waals surface area contributed by atoms with Crippen molar-refractivity contribution in [1.29, 1.82) is 0 Å². The van der Waals surface area contributed by atoms with Crippen molar-refractivity contribution in [2.75, 3.05) is 11.9 Å². The number of carbonyl (C=O) groups is 1. The molecule has 2 aromatic rings. The Kier molecular flexibility index (Phi) is 5.64. The maximum atomic E-state index is 12.5. The molecule has 1 aromatic carbocycles. The fourth-order valence-corrected chi connectivity index (χ4v) is 5.14. The predicted molar refractivity (Wildman–Crippen MR) is 109 cm³/mol. The zero-order valence-corrected chi connectivity index (χ0v) is 16.5. The van der Waals surface area contributed by atoms with E-state index in [1.54, 1.807) is 0 Å². The molecule has 0 unspecified atom stereocenters. The Labute approximate surface area is 164 Å². The van der Waals surface area contributed by atoms with Gasteiger partial charge in [0.2, 0.25) is 0 Å². The van der Waals surface area contributed by atoms with Gasteiger partial charge in [-0.05, 0) is 56.2 Å². The number of amides is 2. The fraction of sp³-hybridized carbons (Fsp3) is 0.476. The van der Waals surface area contributed by atoms with E-state index in [2.05, 4.69) is 33.0 Å². The first kappa shape index (κ1) is 18.3. The normalized spacial score (nSPS) is 24.6. The van der Waals surface area contributed by atoms with Crippen molar-refractivity contribution in [2.24, 2.45) is 0 Å². The molecule has 2 amide bonds. The summed E-state index contributed by atoms with van der Waals surface area (Å²) in [6, 6.07) is 13.2. The molecule has 2 N–H and O–H groups in total. The van der Waals surface area contributed by atoms with Gasteiger partial charge in [-0.1, -0.05) is 18.2 Å². The summed E-state index contributed by atoms with van der Waals surface area (Å²) in [5.74, 6) is 0.709. The SMILES string of the molecule is CCOc1ccccc1NC(=O)NC1C[C@H]2CC[C@H](C1)N2Cc1cccs1. The topological polar surface area (TPSA) is 53.6 Å². The molecule has 2 atom stereocenters. The highest BCUT2D eigenvalue weighted by atomic mass is 32.1. The molecule has 144 valence electrons. The number of urea groups is 1. The summed E-state index contributed by atoms with van der Waals surface area (Å²) in [7, 11) is 0. The third kappa shape index (κ3) is 4.28. The van der Waals surface area contributed by atoms with Crippen molar-refractivity contribution in [3.05, 3.63) is 46.7 Å². The average Bonchev–Trinajstić information content (AvgIpc) is 3.24. The van der Waals surface area contributed by atoms with Gasteiger partial charge in [-0.2, -0.15) is 0 Å². The van der Waals surface area contributed by atoms with Gasteiger partial charge >= 0.3 is 6.03 Å². The number of thiophene rings is 1. The molecule has 2 aliphatic rings. The quantitative estimate of drug-likeness (QED) is 0.772. The van der Waals surface area contributed by atoms with Crippen molar-refractivity contribution in [3.8, 4) is 5.75 Å². The lowest BCUT2D eigenvalue weighted by Crippen LogP contribution is -2.50. The molecule has 1 aromatic heterocycles. The molecule has 2 saturated heterocycles. The van der Waals surface area contributed by atoms with Gasteiger partial charge in [-0.15, -0.1) is 11.3 Å². The zero-order valence-electron chi connectivity index (χ0n) is 15.7. The van der Waals surface area contributed by atoms with E-state index in [1.807, 2.05) is 42.5 Å². The third-order valence-corrected chi connectivity index (χ3v) is 6.43. The molecule has 2 aliphatic heterocycles. The van der Waals surface area contributed by atoms with Crippen LogP contribution in [0.2, 0.25) is 0 Å². The number of hydrogen-bond acceptors (Lipinski definition) is 4. The monoisotopic (exact) mass is 385 g/mol. The molecule has 4 rings (SSSR count). The fourth-order valence-electron chi connectivity index (χ4n) is 4.43. The Hall–Kier alpha value is -2.05. The minimum absolute atomic E-state index is 0.141. The van der Waals surface area contributed by atoms with Crippen LogP contribution in [0.25, 0.3) is 0 Å². The number of nitrogens with zero attached hydrogens (tertiary/aromatic N) is 1. The number of fused-ring (bicyclic) bond motifs is 2. The highest BCUT2D eigenvalue weighted by Gasteiger charge is 2.41. The van der Waals surface area contributed by atoms with Crippen molar-refractivity contribution >= 4 is 23.1 Å². The molecule has 5 nitrogen and oxygen atoms in total. The van der Waals surface area contributed by atoms with E-state index in [9.17, 15) is 4.79 Å². The first-order valence-corrected chi connectivity index (χ1v) is 10.7. The number of nitrogens with one attached hydrogen (secondary N) is 2. The van der Waals surface area contributed by atoms with Gasteiger partial charge in [0.15, 0.2) is 0 Å². The second kappa shape index (κ2) is 8.31.